The highest BCUT2D eigenvalue weighted by molar-refractivity contribution is 5.96. The van der Waals surface area contributed by atoms with Crippen molar-refractivity contribution in [2.24, 2.45) is 0 Å². The summed E-state index contributed by atoms with van der Waals surface area (Å²) in [6.07, 6.45) is 0.374. The third-order valence-corrected chi connectivity index (χ3v) is 5.98. The maximum Gasteiger partial charge on any atom is 0.227 e. The van der Waals surface area contributed by atoms with Gasteiger partial charge in [-0.3, -0.25) is 4.79 Å². The minimum absolute atomic E-state index is 0.0244. The van der Waals surface area contributed by atoms with Gasteiger partial charge in [-0.2, -0.15) is 0 Å². The molecule has 1 amide bonds. The number of ether oxygens (including phenoxy) is 1. The predicted octanol–water partition coefficient (Wildman–Crippen LogP) is 5.08. The predicted molar refractivity (Wildman–Crippen MR) is 123 cm³/mol. The average Bonchev–Trinajstić information content (AvgIpc) is 3.36. The van der Waals surface area contributed by atoms with Crippen LogP contribution < -0.4 is 9.64 Å². The normalized spacial score (nSPS) is 16.1. The first-order chi connectivity index (χ1) is 15.6. The zero-order valence-electron chi connectivity index (χ0n) is 17.9. The molecule has 32 heavy (non-hydrogen) atoms. The monoisotopic (exact) mass is 429 g/mol. The number of anilines is 1. The molecule has 3 aromatic carbocycles. The van der Waals surface area contributed by atoms with Crippen LogP contribution in [0.5, 0.6) is 5.75 Å². The number of hydrogen-bond donors (Lipinski definition) is 0. The van der Waals surface area contributed by atoms with Crippen molar-refractivity contribution in [3.8, 4) is 5.75 Å². The van der Waals surface area contributed by atoms with E-state index in [2.05, 4.69) is 4.57 Å². The van der Waals surface area contributed by atoms with Gasteiger partial charge in [0.25, 0.3) is 0 Å². The van der Waals surface area contributed by atoms with Crippen molar-refractivity contribution >= 4 is 22.6 Å². The van der Waals surface area contributed by atoms with E-state index in [1.54, 1.807) is 17.0 Å². The number of hydrogen-bond acceptors (Lipinski definition) is 3. The largest absolute Gasteiger partial charge is 0.491 e. The maximum absolute atomic E-state index is 13.3. The van der Waals surface area contributed by atoms with Crippen LogP contribution in [-0.4, -0.2) is 28.6 Å². The number of benzene rings is 3. The molecule has 0 N–H and O–H groups in total. The van der Waals surface area contributed by atoms with Crippen LogP contribution in [0.4, 0.5) is 10.1 Å². The van der Waals surface area contributed by atoms with E-state index in [1.165, 1.54) is 12.1 Å². The number of carbonyl (C=O) groups is 1. The fourth-order valence-electron chi connectivity index (χ4n) is 4.36. The third kappa shape index (κ3) is 3.84. The molecule has 0 bridgehead atoms. The molecule has 5 nitrogen and oxygen atoms in total. The second-order valence-corrected chi connectivity index (χ2v) is 8.11. The number of halogens is 1. The molecule has 4 aromatic rings. The van der Waals surface area contributed by atoms with Crippen molar-refractivity contribution < 1.29 is 13.9 Å². The Bertz CT molecular complexity index is 1270. The number of amides is 1. The van der Waals surface area contributed by atoms with Gasteiger partial charge in [0.15, 0.2) is 0 Å². The van der Waals surface area contributed by atoms with E-state index in [1.807, 2.05) is 55.5 Å². The molecule has 1 saturated heterocycles. The van der Waals surface area contributed by atoms with E-state index >= 15 is 0 Å². The second-order valence-electron chi connectivity index (χ2n) is 8.11. The quantitative estimate of drug-likeness (QED) is 0.429. The lowest BCUT2D eigenvalue weighted by molar-refractivity contribution is -0.117. The molecule has 2 heterocycles. The Morgan fingerprint density at radius 3 is 2.59 bits per heavy atom. The van der Waals surface area contributed by atoms with Crippen molar-refractivity contribution in [3.05, 3.63) is 90.0 Å². The average molecular weight is 429 g/mol. The molecule has 0 aliphatic carbocycles. The first-order valence-corrected chi connectivity index (χ1v) is 10.8. The van der Waals surface area contributed by atoms with Gasteiger partial charge >= 0.3 is 0 Å². The van der Waals surface area contributed by atoms with Crippen molar-refractivity contribution in [1.82, 2.24) is 9.55 Å². The van der Waals surface area contributed by atoms with E-state index in [4.69, 9.17) is 9.72 Å². The van der Waals surface area contributed by atoms with E-state index < -0.39 is 0 Å². The highest BCUT2D eigenvalue weighted by atomic mass is 19.1. The van der Waals surface area contributed by atoms with E-state index in [0.717, 1.165) is 28.2 Å². The summed E-state index contributed by atoms with van der Waals surface area (Å²) in [5, 5.41) is 0. The first kappa shape index (κ1) is 20.2. The molecular formula is C26H24FN3O2. The Kier molecular flexibility index (Phi) is 5.35. The van der Waals surface area contributed by atoms with Gasteiger partial charge in [-0.1, -0.05) is 30.3 Å². The number of para-hydroxylation sites is 3. The SMILES string of the molecule is Cc1ccccc1OCCn1c(C2CC(=O)N(c3ccc(F)cc3)C2)nc2ccccc21. The van der Waals surface area contributed by atoms with Gasteiger partial charge in [0, 0.05) is 24.6 Å². The molecule has 162 valence electrons. The molecule has 1 aromatic heterocycles. The summed E-state index contributed by atoms with van der Waals surface area (Å²) in [5.74, 6) is 1.43. The number of fused-ring (bicyclic) bond motifs is 1. The van der Waals surface area contributed by atoms with Crippen LogP contribution in [0, 0.1) is 12.7 Å². The molecule has 6 heteroatoms. The molecule has 0 radical (unpaired) electrons. The van der Waals surface area contributed by atoms with E-state index in [-0.39, 0.29) is 17.6 Å². The lowest BCUT2D eigenvalue weighted by Crippen LogP contribution is -2.24. The Labute approximate surface area is 186 Å². The van der Waals surface area contributed by atoms with E-state index in [9.17, 15) is 9.18 Å². The fraction of sp³-hybridized carbons (Fsp3) is 0.231. The number of aromatic nitrogens is 2. The lowest BCUT2D eigenvalue weighted by atomic mass is 10.1. The standard InChI is InChI=1S/C26H24FN3O2/c1-18-6-2-5-9-24(18)32-15-14-29-23-8-4-3-7-22(23)28-26(29)19-16-25(31)30(17-19)21-12-10-20(27)11-13-21/h2-13,19H,14-17H2,1H3. The molecule has 1 fully saturated rings. The van der Waals surface area contributed by atoms with Gasteiger partial charge in [-0.15, -0.1) is 0 Å². The van der Waals surface area contributed by atoms with Gasteiger partial charge in [0.05, 0.1) is 17.6 Å². The maximum atomic E-state index is 13.3. The van der Waals surface area contributed by atoms with Crippen LogP contribution in [0.1, 0.15) is 23.7 Å². The molecule has 0 spiro atoms. The number of rotatable bonds is 6. The van der Waals surface area contributed by atoms with Crippen LogP contribution in [-0.2, 0) is 11.3 Å². The highest BCUT2D eigenvalue weighted by Crippen LogP contribution is 2.33. The summed E-state index contributed by atoms with van der Waals surface area (Å²) in [6.45, 7) is 3.68. The van der Waals surface area contributed by atoms with Gasteiger partial charge in [0.1, 0.15) is 24.0 Å². The molecule has 1 unspecified atom stereocenters. The zero-order chi connectivity index (χ0) is 22.1. The molecule has 5 rings (SSSR count). The summed E-state index contributed by atoms with van der Waals surface area (Å²) in [7, 11) is 0. The summed E-state index contributed by atoms with van der Waals surface area (Å²) >= 11 is 0. The summed E-state index contributed by atoms with van der Waals surface area (Å²) in [6, 6.07) is 22.0. The minimum Gasteiger partial charge on any atom is -0.491 e. The Morgan fingerprint density at radius 2 is 1.78 bits per heavy atom. The lowest BCUT2D eigenvalue weighted by Gasteiger charge is -2.17. The zero-order valence-corrected chi connectivity index (χ0v) is 17.9. The van der Waals surface area contributed by atoms with Crippen LogP contribution >= 0.6 is 0 Å². The van der Waals surface area contributed by atoms with E-state index in [0.29, 0.717) is 31.8 Å². The smallest absolute Gasteiger partial charge is 0.227 e. The van der Waals surface area contributed by atoms with Crippen LogP contribution in [0.3, 0.4) is 0 Å². The Morgan fingerprint density at radius 1 is 1.03 bits per heavy atom. The number of imidazole rings is 1. The second kappa shape index (κ2) is 8.46. The van der Waals surface area contributed by atoms with Gasteiger partial charge in [-0.25, -0.2) is 9.37 Å². The highest BCUT2D eigenvalue weighted by Gasteiger charge is 2.34. The molecular weight excluding hydrogens is 405 g/mol. The van der Waals surface area contributed by atoms with Gasteiger partial charge in [-0.05, 0) is 55.0 Å². The molecule has 1 aliphatic heterocycles. The molecule has 1 atom stereocenters. The number of nitrogens with zero attached hydrogens (tertiary/aromatic N) is 3. The van der Waals surface area contributed by atoms with Gasteiger partial charge in [0.2, 0.25) is 5.91 Å². The van der Waals surface area contributed by atoms with Crippen LogP contribution in [0.15, 0.2) is 72.8 Å². The number of carbonyl (C=O) groups excluding carboxylic acids is 1. The van der Waals surface area contributed by atoms with Crippen molar-refractivity contribution in [1.29, 1.82) is 0 Å². The minimum atomic E-state index is -0.313. The van der Waals surface area contributed by atoms with Gasteiger partial charge < -0.3 is 14.2 Å². The van der Waals surface area contributed by atoms with Crippen molar-refractivity contribution in [2.75, 3.05) is 18.1 Å². The fourth-order valence-corrected chi connectivity index (χ4v) is 4.36. The summed E-state index contributed by atoms with van der Waals surface area (Å²) < 4.78 is 21.5. The summed E-state index contributed by atoms with van der Waals surface area (Å²) in [5.41, 5.74) is 3.75. The number of aryl methyl sites for hydroxylation is 1. The van der Waals surface area contributed by atoms with Crippen LogP contribution in [0.2, 0.25) is 0 Å². The molecule has 1 aliphatic rings. The first-order valence-electron chi connectivity index (χ1n) is 10.8. The third-order valence-electron chi connectivity index (χ3n) is 5.98. The van der Waals surface area contributed by atoms with Crippen molar-refractivity contribution in [2.45, 2.75) is 25.8 Å². The Balaban J connectivity index is 1.41. The Hall–Kier alpha value is -3.67. The topological polar surface area (TPSA) is 47.4 Å². The van der Waals surface area contributed by atoms with Crippen molar-refractivity contribution in [3.63, 3.8) is 0 Å². The molecule has 0 saturated carbocycles. The summed E-state index contributed by atoms with van der Waals surface area (Å²) in [4.78, 5) is 19.4. The van der Waals surface area contributed by atoms with Crippen LogP contribution in [0.25, 0.3) is 11.0 Å².